The molecule has 0 saturated heterocycles. The minimum atomic E-state index is -4.67. The van der Waals surface area contributed by atoms with Crippen molar-refractivity contribution >= 4 is 73.6 Å². The van der Waals surface area contributed by atoms with E-state index in [-0.39, 0.29) is 115 Å². The third kappa shape index (κ3) is 43.1. The number of aryl methyl sites for hydroxylation is 8. The van der Waals surface area contributed by atoms with Crippen LogP contribution in [0.1, 0.15) is 243 Å². The fraction of sp³-hybridized carbons (Fsp3) is 0.345. The average Bonchev–Trinajstić information content (AvgIpc) is 0.816. The number of hydrogen-bond donors (Lipinski definition) is 5. The molecule has 0 aliphatic rings. The number of nitro benzene ring substituents is 2. The van der Waals surface area contributed by atoms with E-state index in [0.29, 0.717) is 63.3 Å². The van der Waals surface area contributed by atoms with Gasteiger partial charge in [0.1, 0.15) is 23.0 Å². The SMILES string of the molecule is C.C.C.CCc1cc(N)c(C(C)=O)cc1OC.CCc1cc([N+](=O)[O-])c(C(C)=O)cc1OC.CCc1ccc(C(C)=O)cc1.CCc1ccc(C(C)=O)cc1N.CCc1ccc(C(C)=O)cc1O.CCc1ccc(C(C)=O)cc1OC.CCc1ccc(C(C)=O)cc1[N+](=O)[O-].CCc1ccccc1.O=N[O-].O=S(=O)(O)O.[Na+]. The van der Waals surface area contributed by atoms with Crippen molar-refractivity contribution in [2.75, 3.05) is 32.8 Å². The number of benzene rings is 8. The standard InChI is InChI=1S/C11H13NO4.C11H15NO2.C11H14O2.C10H11NO3.C10H13NO.C10H12O2.C10H12O.C8H10.3CH4.HNO2.Na.H2O4S/c1-4-8-5-10(12(14)15)9(7(2)13)6-11(8)16-3;1-4-8-5-10(12)9(7(2)13)6-11(8)14-3;1-4-9-5-6-10(8(2)12)7-11(9)13-3;1-3-8-4-5-9(7(2)12)6-10(8)11(13)14;1-3-8-4-5-9(7(2)12)6-10(8)11;1-3-8-4-5-9(7(2)11)6-10(8)12;1-3-9-4-6-10(7-5-9)8(2)11;1-2-8-6-4-3-5-7-8;;;;2-1-3;;1-5(2,3)4/h5-6H,4H2,1-3H3;5-6H,4,12H2,1-3H3;5-7H,4H2,1-3H3;4-6H,3H2,1-2H3;4-6H,3,11H2,1-2H3;4-6,12H,3H2,1-2H3;4-7H,3H2,1-2H3;3-7H,2H2,1H3;3*1H4;(H,2,3);;(H2,1,2,3,4)/q;;;;;;;;;;;;+1;/p-1. The summed E-state index contributed by atoms with van der Waals surface area (Å²) in [6.45, 7) is 26.4. The van der Waals surface area contributed by atoms with E-state index < -0.39 is 20.2 Å². The van der Waals surface area contributed by atoms with Crippen LogP contribution in [0.4, 0.5) is 22.7 Å². The van der Waals surface area contributed by atoms with Crippen LogP contribution in [-0.2, 0) is 61.8 Å². The molecule has 0 spiro atoms. The third-order valence-electron chi connectivity index (χ3n) is 15.5. The quantitative estimate of drug-likeness (QED) is 0.00900. The van der Waals surface area contributed by atoms with Crippen molar-refractivity contribution in [3.8, 4) is 23.0 Å². The number of phenols is 1. The van der Waals surface area contributed by atoms with Crippen molar-refractivity contribution in [3.63, 3.8) is 0 Å². The summed E-state index contributed by atoms with van der Waals surface area (Å²) < 4.78 is 47.0. The summed E-state index contributed by atoms with van der Waals surface area (Å²) in [5.41, 5.74) is 24.5. The number of hydrogen-bond acceptors (Lipinski definition) is 22. The molecule has 0 bridgehead atoms. The van der Waals surface area contributed by atoms with Crippen molar-refractivity contribution in [1.82, 2.24) is 0 Å². The first-order chi connectivity index (χ1) is 50.7. The van der Waals surface area contributed by atoms with E-state index in [0.717, 1.165) is 88.7 Å². The smallest absolute Gasteiger partial charge is 0.508 e. The number of nitrogens with zero attached hydrogens (tertiary/aromatic N) is 3. The molecule has 0 aliphatic heterocycles. The predicted molar refractivity (Wildman–Crippen MR) is 444 cm³/mol. The zero-order valence-corrected chi connectivity index (χ0v) is 68.5. The molecule has 0 radical (unpaired) electrons. The van der Waals surface area contributed by atoms with Gasteiger partial charge in [-0.3, -0.25) is 62.9 Å². The molecule has 0 aliphatic carbocycles. The number of carbonyl (C=O) groups is 7. The molecule has 7 N–H and O–H groups in total. The van der Waals surface area contributed by atoms with E-state index in [9.17, 15) is 58.9 Å². The summed E-state index contributed by atoms with van der Waals surface area (Å²) in [7, 11) is 0.0251. The summed E-state index contributed by atoms with van der Waals surface area (Å²) >= 11 is 0. The van der Waals surface area contributed by atoms with Crippen molar-refractivity contribution < 1.29 is 110 Å². The maximum absolute atomic E-state index is 11.3. The van der Waals surface area contributed by atoms with Gasteiger partial charge in [0.25, 0.3) is 11.4 Å². The van der Waals surface area contributed by atoms with E-state index in [1.165, 1.54) is 70.2 Å². The number of rotatable bonds is 20. The molecule has 0 unspecified atom stereocenters. The molecule has 0 saturated carbocycles. The number of carbonyl (C=O) groups excluding carboxylic acids is 7. The second-order valence-electron chi connectivity index (χ2n) is 23.0. The summed E-state index contributed by atoms with van der Waals surface area (Å²) in [5, 5.41) is 39.8. The van der Waals surface area contributed by atoms with E-state index in [1.54, 1.807) is 83.5 Å². The summed E-state index contributed by atoms with van der Waals surface area (Å²) in [4.78, 5) is 106. The van der Waals surface area contributed by atoms with E-state index in [1.807, 2.05) is 89.2 Å². The van der Waals surface area contributed by atoms with Crippen LogP contribution in [0.5, 0.6) is 23.0 Å². The van der Waals surface area contributed by atoms with Gasteiger partial charge in [-0.05, 0) is 170 Å². The molecule has 0 amide bonds. The van der Waals surface area contributed by atoms with Gasteiger partial charge in [0.2, 0.25) is 0 Å². The van der Waals surface area contributed by atoms with Crippen LogP contribution in [0.2, 0.25) is 0 Å². The second-order valence-corrected chi connectivity index (χ2v) is 23.9. The molecular weight excluding hydrogens is 1470 g/mol. The number of nitro groups is 2. The van der Waals surface area contributed by atoms with E-state index in [4.69, 9.17) is 53.3 Å². The van der Waals surface area contributed by atoms with Gasteiger partial charge in [0.15, 0.2) is 40.5 Å². The fourth-order valence-corrected chi connectivity index (χ4v) is 9.34. The number of ether oxygens (including phenoxy) is 3. The van der Waals surface area contributed by atoms with Gasteiger partial charge in [0.05, 0.1) is 36.7 Å². The Morgan fingerprint density at radius 3 is 1.04 bits per heavy atom. The predicted octanol–water partition coefficient (Wildman–Crippen LogP) is 16.6. The Balaban J connectivity index is -0.000000282. The fourth-order valence-electron chi connectivity index (χ4n) is 9.34. The molecule has 0 atom stereocenters. The molecule has 28 heteroatoms. The molecular formula is C84H114N5NaO21S. The zero-order chi connectivity index (χ0) is 83.1. The van der Waals surface area contributed by atoms with Gasteiger partial charge in [-0.2, -0.15) is 8.42 Å². The van der Waals surface area contributed by atoms with Crippen LogP contribution in [-0.4, -0.2) is 94.3 Å². The van der Waals surface area contributed by atoms with Crippen LogP contribution in [0.3, 0.4) is 0 Å². The number of Topliss-reactive ketones (excluding diaryl/α,β-unsaturated/α-hetero) is 7. The molecule has 0 aromatic heterocycles. The van der Waals surface area contributed by atoms with Crippen molar-refractivity contribution in [2.24, 2.45) is 5.34 Å². The molecule has 608 valence electrons. The zero-order valence-electron chi connectivity index (χ0n) is 65.7. The molecule has 8 aromatic carbocycles. The number of aromatic hydroxyl groups is 1. The normalized spacial score (nSPS) is 9.36. The number of nitrogen functional groups attached to an aromatic ring is 2. The molecule has 26 nitrogen and oxygen atoms in total. The largest absolute Gasteiger partial charge is 1.00 e. The van der Waals surface area contributed by atoms with Crippen LogP contribution in [0.15, 0.2) is 157 Å². The Bertz CT molecular complexity index is 4290. The van der Waals surface area contributed by atoms with Crippen LogP contribution < -0.4 is 55.2 Å². The molecule has 112 heavy (non-hydrogen) atoms. The van der Waals surface area contributed by atoms with Gasteiger partial charge in [-0.15, -0.1) is 5.34 Å². The van der Waals surface area contributed by atoms with Crippen LogP contribution >= 0.6 is 0 Å². The van der Waals surface area contributed by atoms with Crippen molar-refractivity contribution in [1.29, 1.82) is 0 Å². The topological polar surface area (TPSA) is 433 Å². The summed E-state index contributed by atoms with van der Waals surface area (Å²) in [5.74, 6) is 1.96. The number of ketones is 7. The minimum Gasteiger partial charge on any atom is -0.508 e. The van der Waals surface area contributed by atoms with Crippen LogP contribution in [0, 0.1) is 30.3 Å². The number of nitrogens with two attached hydrogens (primary N) is 2. The van der Waals surface area contributed by atoms with Gasteiger partial charge in [-0.25, -0.2) is 0 Å². The van der Waals surface area contributed by atoms with Gasteiger partial charge < -0.3 is 40.9 Å². The Hall–Kier alpha value is -10.7. The van der Waals surface area contributed by atoms with Crippen molar-refractivity contribution in [3.05, 3.63) is 265 Å². The van der Waals surface area contributed by atoms with Gasteiger partial charge >= 0.3 is 40.0 Å². The monoisotopic (exact) mass is 1580 g/mol. The first kappa shape index (κ1) is 112. The molecule has 8 aromatic rings. The number of phenolic OH excluding ortho intramolecular Hbond substituents is 1. The molecule has 0 fully saturated rings. The summed E-state index contributed by atoms with van der Waals surface area (Å²) in [6.07, 6.45) is 6.82. The van der Waals surface area contributed by atoms with Gasteiger partial charge in [0, 0.05) is 68.0 Å². The maximum atomic E-state index is 11.3. The van der Waals surface area contributed by atoms with E-state index >= 15 is 0 Å². The van der Waals surface area contributed by atoms with Crippen molar-refractivity contribution in [2.45, 2.75) is 178 Å². The Morgan fingerprint density at radius 1 is 0.393 bits per heavy atom. The average molecular weight is 1580 g/mol. The Labute approximate surface area is 683 Å². The first-order valence-electron chi connectivity index (χ1n) is 34.0. The van der Waals surface area contributed by atoms with E-state index in [2.05, 4.69) is 45.0 Å². The second kappa shape index (κ2) is 60.1. The first-order valence-corrected chi connectivity index (χ1v) is 35.4. The molecule has 8 rings (SSSR count). The third-order valence-corrected chi connectivity index (χ3v) is 15.5. The Morgan fingerprint density at radius 2 is 0.705 bits per heavy atom. The van der Waals surface area contributed by atoms with Crippen LogP contribution in [0.25, 0.3) is 0 Å². The number of methoxy groups -OCH3 is 3. The molecule has 0 heterocycles. The van der Waals surface area contributed by atoms with Gasteiger partial charge in [-0.1, -0.05) is 181 Å². The number of anilines is 2. The maximum Gasteiger partial charge on any atom is 1.00 e. The summed E-state index contributed by atoms with van der Waals surface area (Å²) in [6, 6.07) is 45.2. The Kier molecular flexibility index (Phi) is 60.2. The minimum absolute atomic E-state index is 0.